The zero-order valence-corrected chi connectivity index (χ0v) is 17.0. The van der Waals surface area contributed by atoms with E-state index in [1.807, 2.05) is 0 Å². The minimum Gasteiger partial charge on any atom is -0.493 e. The summed E-state index contributed by atoms with van der Waals surface area (Å²) < 4.78 is 15.8. The molecule has 2 rings (SSSR count). The number of rotatable bonds is 5. The molecule has 0 aliphatic carbocycles. The molecule has 1 fully saturated rings. The van der Waals surface area contributed by atoms with Crippen LogP contribution in [0.15, 0.2) is 12.1 Å². The second-order valence-corrected chi connectivity index (χ2v) is 6.12. The first-order valence-electron chi connectivity index (χ1n) is 8.23. The molecule has 1 unspecified atom stereocenters. The Bertz CT molecular complexity index is 646. The Balaban J connectivity index is 0.00000364. The number of urea groups is 2. The molecule has 152 valence electrons. The number of hydrogen-bond acceptors (Lipinski definition) is 5. The van der Waals surface area contributed by atoms with Gasteiger partial charge < -0.3 is 34.6 Å². The van der Waals surface area contributed by atoms with Gasteiger partial charge in [0.2, 0.25) is 5.75 Å². The summed E-state index contributed by atoms with van der Waals surface area (Å²) >= 11 is 0. The van der Waals surface area contributed by atoms with Gasteiger partial charge in [0.1, 0.15) is 0 Å². The lowest BCUT2D eigenvalue weighted by molar-refractivity contribution is 0.180. The van der Waals surface area contributed by atoms with Crippen LogP contribution in [0, 0.1) is 0 Å². The predicted octanol–water partition coefficient (Wildman–Crippen LogP) is 2.01. The minimum atomic E-state index is -0.358. The summed E-state index contributed by atoms with van der Waals surface area (Å²) in [5, 5.41) is 5.64. The first kappa shape index (κ1) is 22.5. The highest BCUT2D eigenvalue weighted by molar-refractivity contribution is 5.90. The molecule has 1 aromatic rings. The number of amides is 4. The van der Waals surface area contributed by atoms with Crippen LogP contribution >= 0.6 is 12.4 Å². The first-order valence-corrected chi connectivity index (χ1v) is 8.23. The number of ether oxygens (including phenoxy) is 3. The Morgan fingerprint density at radius 1 is 1.11 bits per heavy atom. The summed E-state index contributed by atoms with van der Waals surface area (Å²) in [6, 6.07) is 2.79. The standard InChI is InChI=1S/C17H26N4O5.ClH/c1-20(2)17(23)21-7-6-11(10-21)18-16(22)19-12-8-13(24-3)15(26-5)14(9-12)25-4;/h8-9,11H,6-7,10H2,1-5H3,(H2,18,19,22);1H. The zero-order valence-electron chi connectivity index (χ0n) is 16.2. The van der Waals surface area contributed by atoms with E-state index in [-0.39, 0.29) is 30.5 Å². The van der Waals surface area contributed by atoms with E-state index in [0.29, 0.717) is 42.4 Å². The lowest BCUT2D eigenvalue weighted by atomic mass is 10.2. The van der Waals surface area contributed by atoms with Crippen molar-refractivity contribution in [1.82, 2.24) is 15.1 Å². The Morgan fingerprint density at radius 3 is 2.19 bits per heavy atom. The summed E-state index contributed by atoms with van der Waals surface area (Å²) in [6.45, 7) is 1.10. The van der Waals surface area contributed by atoms with Crippen LogP contribution < -0.4 is 24.8 Å². The second kappa shape index (κ2) is 9.96. The topological polar surface area (TPSA) is 92.4 Å². The molecular weight excluding hydrogens is 376 g/mol. The normalized spacial score (nSPS) is 15.4. The van der Waals surface area contributed by atoms with Gasteiger partial charge in [-0.15, -0.1) is 12.4 Å². The first-order chi connectivity index (χ1) is 12.4. The van der Waals surface area contributed by atoms with Gasteiger partial charge in [-0.05, 0) is 6.42 Å². The van der Waals surface area contributed by atoms with Gasteiger partial charge in [-0.2, -0.15) is 0 Å². The number of benzene rings is 1. The SMILES string of the molecule is COc1cc(NC(=O)NC2CCN(C(=O)N(C)C)C2)cc(OC)c1OC.Cl. The summed E-state index contributed by atoms with van der Waals surface area (Å²) in [5.41, 5.74) is 0.510. The summed E-state index contributed by atoms with van der Waals surface area (Å²) in [5.74, 6) is 1.35. The molecule has 0 bridgehead atoms. The van der Waals surface area contributed by atoms with Gasteiger partial charge in [-0.3, -0.25) is 0 Å². The molecule has 1 heterocycles. The number of anilines is 1. The lowest BCUT2D eigenvalue weighted by Crippen LogP contribution is -2.42. The van der Waals surface area contributed by atoms with Crippen molar-refractivity contribution in [3.8, 4) is 17.2 Å². The fourth-order valence-corrected chi connectivity index (χ4v) is 2.84. The molecule has 9 nitrogen and oxygen atoms in total. The molecule has 0 spiro atoms. The smallest absolute Gasteiger partial charge is 0.319 e. The van der Waals surface area contributed by atoms with E-state index in [4.69, 9.17) is 14.2 Å². The Labute approximate surface area is 165 Å². The quantitative estimate of drug-likeness (QED) is 0.786. The summed E-state index contributed by atoms with van der Waals surface area (Å²) in [6.07, 6.45) is 0.711. The number of nitrogens with one attached hydrogen (secondary N) is 2. The average Bonchev–Trinajstić information content (AvgIpc) is 3.07. The average molecular weight is 403 g/mol. The molecule has 1 aromatic carbocycles. The minimum absolute atomic E-state index is 0. The van der Waals surface area contributed by atoms with Gasteiger partial charge in [-0.25, -0.2) is 9.59 Å². The van der Waals surface area contributed by atoms with Gasteiger partial charge >= 0.3 is 12.1 Å². The molecule has 2 N–H and O–H groups in total. The van der Waals surface area contributed by atoms with Crippen LogP contribution in [0.4, 0.5) is 15.3 Å². The maximum Gasteiger partial charge on any atom is 0.319 e. The predicted molar refractivity (Wildman–Crippen MR) is 105 cm³/mol. The molecule has 27 heavy (non-hydrogen) atoms. The third kappa shape index (κ3) is 5.46. The number of methoxy groups -OCH3 is 3. The fourth-order valence-electron chi connectivity index (χ4n) is 2.84. The highest BCUT2D eigenvalue weighted by Crippen LogP contribution is 2.39. The highest BCUT2D eigenvalue weighted by Gasteiger charge is 2.28. The maximum absolute atomic E-state index is 12.3. The number of nitrogens with zero attached hydrogens (tertiary/aromatic N) is 2. The second-order valence-electron chi connectivity index (χ2n) is 6.12. The van der Waals surface area contributed by atoms with E-state index in [0.717, 1.165) is 0 Å². The number of carbonyl (C=O) groups excluding carboxylic acids is 2. The molecule has 10 heteroatoms. The van der Waals surface area contributed by atoms with E-state index >= 15 is 0 Å². The molecule has 4 amide bonds. The highest BCUT2D eigenvalue weighted by atomic mass is 35.5. The Kier molecular flexibility index (Phi) is 8.30. The van der Waals surface area contributed by atoms with Crippen LogP contribution in [0.3, 0.4) is 0 Å². The van der Waals surface area contributed by atoms with Crippen molar-refractivity contribution < 1.29 is 23.8 Å². The molecule has 1 aliphatic heterocycles. The van der Waals surface area contributed by atoms with Gasteiger partial charge in [0.05, 0.1) is 27.0 Å². The van der Waals surface area contributed by atoms with Crippen molar-refractivity contribution in [2.24, 2.45) is 0 Å². The van der Waals surface area contributed by atoms with E-state index in [1.165, 1.54) is 26.2 Å². The third-order valence-electron chi connectivity index (χ3n) is 4.10. The monoisotopic (exact) mass is 402 g/mol. The molecule has 1 saturated heterocycles. The Hall–Kier alpha value is -2.55. The van der Waals surface area contributed by atoms with E-state index in [2.05, 4.69) is 10.6 Å². The Morgan fingerprint density at radius 2 is 1.70 bits per heavy atom. The van der Waals surface area contributed by atoms with Crippen LogP contribution in [0.2, 0.25) is 0 Å². The number of likely N-dealkylation sites (tertiary alicyclic amines) is 1. The van der Waals surface area contributed by atoms with Crippen molar-refractivity contribution in [3.63, 3.8) is 0 Å². The van der Waals surface area contributed by atoms with Crippen LogP contribution in [0.25, 0.3) is 0 Å². The maximum atomic E-state index is 12.3. The van der Waals surface area contributed by atoms with Crippen LogP contribution in [-0.2, 0) is 0 Å². The summed E-state index contributed by atoms with van der Waals surface area (Å²) in [4.78, 5) is 27.5. The lowest BCUT2D eigenvalue weighted by Gasteiger charge is -2.21. The number of hydrogen-bond donors (Lipinski definition) is 2. The fraction of sp³-hybridized carbons (Fsp3) is 0.529. The molecule has 0 aromatic heterocycles. The largest absolute Gasteiger partial charge is 0.493 e. The zero-order chi connectivity index (χ0) is 19.3. The van der Waals surface area contributed by atoms with Crippen LogP contribution in [-0.4, -0.2) is 76.4 Å². The van der Waals surface area contributed by atoms with Gasteiger partial charge in [0.25, 0.3) is 0 Å². The molecule has 1 aliphatic rings. The number of carbonyl (C=O) groups is 2. The molecular formula is C17H27ClN4O5. The van der Waals surface area contributed by atoms with E-state index in [1.54, 1.807) is 31.1 Å². The van der Waals surface area contributed by atoms with Crippen molar-refractivity contribution in [2.45, 2.75) is 12.5 Å². The molecule has 1 atom stereocenters. The van der Waals surface area contributed by atoms with Crippen LogP contribution in [0.1, 0.15) is 6.42 Å². The number of halogens is 1. The van der Waals surface area contributed by atoms with Gasteiger partial charge in [0, 0.05) is 45.4 Å². The van der Waals surface area contributed by atoms with Crippen molar-refractivity contribution >= 4 is 30.2 Å². The van der Waals surface area contributed by atoms with Crippen molar-refractivity contribution in [2.75, 3.05) is 53.8 Å². The van der Waals surface area contributed by atoms with Crippen LogP contribution in [0.5, 0.6) is 17.2 Å². The van der Waals surface area contributed by atoms with E-state index < -0.39 is 0 Å². The van der Waals surface area contributed by atoms with Crippen molar-refractivity contribution in [3.05, 3.63) is 12.1 Å². The van der Waals surface area contributed by atoms with E-state index in [9.17, 15) is 9.59 Å². The van der Waals surface area contributed by atoms with Gasteiger partial charge in [0.15, 0.2) is 11.5 Å². The molecule has 0 saturated carbocycles. The molecule has 0 radical (unpaired) electrons. The summed E-state index contributed by atoms with van der Waals surface area (Å²) in [7, 11) is 7.95. The third-order valence-corrected chi connectivity index (χ3v) is 4.10. The van der Waals surface area contributed by atoms with Gasteiger partial charge in [-0.1, -0.05) is 0 Å². The van der Waals surface area contributed by atoms with Crippen molar-refractivity contribution in [1.29, 1.82) is 0 Å².